The Labute approximate surface area is 160 Å². The summed E-state index contributed by atoms with van der Waals surface area (Å²) < 4.78 is 6.85. The fourth-order valence-electron chi connectivity index (χ4n) is 2.41. The van der Waals surface area contributed by atoms with Crippen LogP contribution >= 0.6 is 27.5 Å². The van der Waals surface area contributed by atoms with Crippen molar-refractivity contribution in [1.29, 1.82) is 0 Å². The van der Waals surface area contributed by atoms with E-state index in [1.807, 2.05) is 55.5 Å². The molecule has 5 heteroatoms. The van der Waals surface area contributed by atoms with Gasteiger partial charge in [-0.1, -0.05) is 45.7 Å². The molecule has 1 amide bonds. The molecule has 3 rings (SSSR count). The SMILES string of the molecule is Cc1ccc(NC(=O)CCc2ccc(-c3ccc(Br)cc3)o2)cc1Cl. The van der Waals surface area contributed by atoms with Crippen molar-refractivity contribution in [2.75, 3.05) is 5.32 Å². The molecule has 0 aliphatic carbocycles. The zero-order valence-corrected chi connectivity index (χ0v) is 16.0. The topological polar surface area (TPSA) is 42.2 Å². The second-order valence-corrected chi connectivity index (χ2v) is 7.11. The van der Waals surface area contributed by atoms with E-state index >= 15 is 0 Å². The van der Waals surface area contributed by atoms with Gasteiger partial charge >= 0.3 is 0 Å². The van der Waals surface area contributed by atoms with E-state index in [4.69, 9.17) is 16.0 Å². The van der Waals surface area contributed by atoms with Gasteiger partial charge in [0.1, 0.15) is 11.5 Å². The number of benzene rings is 2. The highest BCUT2D eigenvalue weighted by atomic mass is 79.9. The summed E-state index contributed by atoms with van der Waals surface area (Å²) >= 11 is 9.49. The highest BCUT2D eigenvalue weighted by molar-refractivity contribution is 9.10. The standard InChI is InChI=1S/C20H17BrClNO2/c1-13-2-7-16(12-18(13)22)23-20(24)11-9-17-8-10-19(25-17)14-3-5-15(21)6-4-14/h2-8,10,12H,9,11H2,1H3,(H,23,24). The van der Waals surface area contributed by atoms with Crippen molar-refractivity contribution in [1.82, 2.24) is 0 Å². The molecular formula is C20H17BrClNO2. The Balaban J connectivity index is 1.57. The first-order valence-electron chi connectivity index (χ1n) is 7.92. The first-order valence-corrected chi connectivity index (χ1v) is 9.09. The van der Waals surface area contributed by atoms with Crippen LogP contribution in [-0.2, 0) is 11.2 Å². The molecule has 3 aromatic rings. The smallest absolute Gasteiger partial charge is 0.224 e. The van der Waals surface area contributed by atoms with Crippen molar-refractivity contribution in [2.24, 2.45) is 0 Å². The molecule has 0 radical (unpaired) electrons. The number of rotatable bonds is 5. The Bertz CT molecular complexity index is 887. The summed E-state index contributed by atoms with van der Waals surface area (Å²) in [5, 5.41) is 3.50. The lowest BCUT2D eigenvalue weighted by Gasteiger charge is -2.06. The van der Waals surface area contributed by atoms with E-state index in [-0.39, 0.29) is 5.91 Å². The normalized spacial score (nSPS) is 10.7. The van der Waals surface area contributed by atoms with Crippen LogP contribution in [0.25, 0.3) is 11.3 Å². The maximum absolute atomic E-state index is 12.1. The number of furan rings is 1. The number of carbonyl (C=O) groups excluding carboxylic acids is 1. The van der Waals surface area contributed by atoms with E-state index in [1.165, 1.54) is 0 Å². The zero-order valence-electron chi connectivity index (χ0n) is 13.7. The first-order chi connectivity index (χ1) is 12.0. The van der Waals surface area contributed by atoms with Crippen molar-refractivity contribution < 1.29 is 9.21 Å². The van der Waals surface area contributed by atoms with Crippen LogP contribution in [0.1, 0.15) is 17.7 Å². The molecule has 0 aliphatic heterocycles. The number of nitrogens with one attached hydrogen (secondary N) is 1. The highest BCUT2D eigenvalue weighted by Crippen LogP contribution is 2.25. The van der Waals surface area contributed by atoms with Gasteiger partial charge in [0.15, 0.2) is 0 Å². The average Bonchev–Trinajstić information content (AvgIpc) is 3.06. The monoisotopic (exact) mass is 417 g/mol. The van der Waals surface area contributed by atoms with Crippen LogP contribution in [0.4, 0.5) is 5.69 Å². The quantitative estimate of drug-likeness (QED) is 0.532. The Kier molecular flexibility index (Phi) is 5.61. The molecule has 0 unspecified atom stereocenters. The van der Waals surface area contributed by atoms with Gasteiger partial charge in [-0.2, -0.15) is 0 Å². The van der Waals surface area contributed by atoms with Gasteiger partial charge in [-0.05, 0) is 48.9 Å². The second-order valence-electron chi connectivity index (χ2n) is 5.78. The summed E-state index contributed by atoms with van der Waals surface area (Å²) in [4.78, 5) is 12.1. The lowest BCUT2D eigenvalue weighted by molar-refractivity contribution is -0.116. The minimum atomic E-state index is -0.0680. The molecule has 25 heavy (non-hydrogen) atoms. The van der Waals surface area contributed by atoms with Crippen molar-refractivity contribution in [2.45, 2.75) is 19.8 Å². The molecule has 1 heterocycles. The summed E-state index contributed by atoms with van der Waals surface area (Å²) in [6, 6.07) is 17.2. The van der Waals surface area contributed by atoms with Crippen LogP contribution in [0.2, 0.25) is 5.02 Å². The van der Waals surface area contributed by atoms with Crippen molar-refractivity contribution in [3.63, 3.8) is 0 Å². The highest BCUT2D eigenvalue weighted by Gasteiger charge is 2.08. The molecule has 0 bridgehead atoms. The van der Waals surface area contributed by atoms with Crippen molar-refractivity contribution >= 4 is 39.1 Å². The predicted molar refractivity (Wildman–Crippen MR) is 105 cm³/mol. The van der Waals surface area contributed by atoms with Gasteiger partial charge in [0.25, 0.3) is 0 Å². The fraction of sp³-hybridized carbons (Fsp3) is 0.150. The van der Waals surface area contributed by atoms with Crippen molar-refractivity contribution in [3.8, 4) is 11.3 Å². The van der Waals surface area contributed by atoms with E-state index in [0.29, 0.717) is 23.6 Å². The van der Waals surface area contributed by atoms with Crippen LogP contribution in [0.15, 0.2) is 63.5 Å². The van der Waals surface area contributed by atoms with Gasteiger partial charge in [-0.25, -0.2) is 0 Å². The molecule has 128 valence electrons. The predicted octanol–water partition coefficient (Wildman–Crippen LogP) is 6.24. The Morgan fingerprint density at radius 2 is 1.88 bits per heavy atom. The average molecular weight is 419 g/mol. The number of hydrogen-bond acceptors (Lipinski definition) is 2. The molecule has 0 aliphatic rings. The van der Waals surface area contributed by atoms with Gasteiger partial charge in [0, 0.05) is 33.6 Å². The molecule has 1 N–H and O–H groups in total. The Morgan fingerprint density at radius 3 is 2.60 bits per heavy atom. The maximum Gasteiger partial charge on any atom is 0.224 e. The lowest BCUT2D eigenvalue weighted by Crippen LogP contribution is -2.12. The molecule has 0 saturated carbocycles. The van der Waals surface area contributed by atoms with E-state index in [9.17, 15) is 4.79 Å². The summed E-state index contributed by atoms with van der Waals surface area (Å²) in [5.41, 5.74) is 2.69. The van der Waals surface area contributed by atoms with E-state index < -0.39 is 0 Å². The fourth-order valence-corrected chi connectivity index (χ4v) is 2.86. The van der Waals surface area contributed by atoms with Crippen LogP contribution in [0.3, 0.4) is 0 Å². The number of anilines is 1. The number of amides is 1. The molecule has 3 nitrogen and oxygen atoms in total. The van der Waals surface area contributed by atoms with Gasteiger partial charge < -0.3 is 9.73 Å². The van der Waals surface area contributed by atoms with E-state index in [0.717, 1.165) is 27.1 Å². The third-order valence-electron chi connectivity index (χ3n) is 3.84. The minimum Gasteiger partial charge on any atom is -0.461 e. The maximum atomic E-state index is 12.1. The van der Waals surface area contributed by atoms with E-state index in [1.54, 1.807) is 6.07 Å². The molecule has 0 spiro atoms. The van der Waals surface area contributed by atoms with Crippen LogP contribution < -0.4 is 5.32 Å². The summed E-state index contributed by atoms with van der Waals surface area (Å²) in [5.74, 6) is 1.52. The molecule has 0 fully saturated rings. The van der Waals surface area contributed by atoms with Gasteiger partial charge in [0.05, 0.1) is 0 Å². The number of carbonyl (C=O) groups is 1. The number of halogens is 2. The zero-order chi connectivity index (χ0) is 17.8. The summed E-state index contributed by atoms with van der Waals surface area (Å²) in [7, 11) is 0. The summed E-state index contributed by atoms with van der Waals surface area (Å²) in [6.07, 6.45) is 0.890. The Morgan fingerprint density at radius 1 is 1.12 bits per heavy atom. The molecule has 2 aromatic carbocycles. The van der Waals surface area contributed by atoms with Crippen LogP contribution in [0, 0.1) is 6.92 Å². The minimum absolute atomic E-state index is 0.0680. The van der Waals surface area contributed by atoms with Gasteiger partial charge in [-0.3, -0.25) is 4.79 Å². The van der Waals surface area contributed by atoms with Crippen LogP contribution in [-0.4, -0.2) is 5.91 Å². The van der Waals surface area contributed by atoms with Crippen LogP contribution in [0.5, 0.6) is 0 Å². The Hall–Kier alpha value is -2.04. The lowest BCUT2D eigenvalue weighted by atomic mass is 10.2. The van der Waals surface area contributed by atoms with E-state index in [2.05, 4.69) is 21.2 Å². The van der Waals surface area contributed by atoms with Gasteiger partial charge in [-0.15, -0.1) is 0 Å². The largest absolute Gasteiger partial charge is 0.461 e. The third-order valence-corrected chi connectivity index (χ3v) is 4.78. The van der Waals surface area contributed by atoms with Gasteiger partial charge in [0.2, 0.25) is 5.91 Å². The van der Waals surface area contributed by atoms with Crippen molar-refractivity contribution in [3.05, 3.63) is 75.4 Å². The number of hydrogen-bond donors (Lipinski definition) is 1. The second kappa shape index (κ2) is 7.89. The third kappa shape index (κ3) is 4.74. The number of aryl methyl sites for hydroxylation is 2. The molecule has 1 aromatic heterocycles. The summed E-state index contributed by atoms with van der Waals surface area (Å²) in [6.45, 7) is 1.92. The molecule has 0 atom stereocenters. The first kappa shape index (κ1) is 17.8. The molecular weight excluding hydrogens is 402 g/mol. The molecule has 0 saturated heterocycles.